The first kappa shape index (κ1) is 13.7. The van der Waals surface area contributed by atoms with Crippen molar-refractivity contribution in [3.05, 3.63) is 34.3 Å². The first-order chi connectivity index (χ1) is 7.72. The molecule has 2 unspecified atom stereocenters. The van der Waals surface area contributed by atoms with Gasteiger partial charge in [0.05, 0.1) is 0 Å². The quantitative estimate of drug-likeness (QED) is 0.839. The van der Waals surface area contributed by atoms with Gasteiger partial charge in [0.2, 0.25) is 0 Å². The third-order valence-electron chi connectivity index (χ3n) is 3.00. The van der Waals surface area contributed by atoms with Gasteiger partial charge in [0.15, 0.2) is 0 Å². The van der Waals surface area contributed by atoms with Gasteiger partial charge in [-0.25, -0.2) is 0 Å². The molecule has 0 amide bonds. The highest BCUT2D eigenvalue weighted by Gasteiger charge is 2.19. The van der Waals surface area contributed by atoms with Crippen molar-refractivity contribution < 1.29 is 0 Å². The molecule has 0 heterocycles. The van der Waals surface area contributed by atoms with Gasteiger partial charge in [-0.05, 0) is 44.3 Å². The number of hydrogen-bond donors (Lipinski definition) is 2. The summed E-state index contributed by atoms with van der Waals surface area (Å²) in [5.41, 5.74) is 1.35. The Labute approximate surface area is 107 Å². The van der Waals surface area contributed by atoms with Crippen LogP contribution in [0.15, 0.2) is 28.7 Å². The van der Waals surface area contributed by atoms with Gasteiger partial charge >= 0.3 is 0 Å². The first-order valence-electron chi connectivity index (χ1n) is 5.80. The molecule has 1 aromatic carbocycles. The van der Waals surface area contributed by atoms with Gasteiger partial charge in [-0.15, -0.1) is 0 Å². The highest BCUT2D eigenvalue weighted by Crippen LogP contribution is 2.25. The fourth-order valence-corrected chi connectivity index (χ4v) is 2.37. The Morgan fingerprint density at radius 1 is 1.19 bits per heavy atom. The fourth-order valence-electron chi connectivity index (χ4n) is 2.10. The summed E-state index contributed by atoms with van der Waals surface area (Å²) in [6.45, 7) is 3.28. The minimum Gasteiger partial charge on any atom is -0.319 e. The predicted octanol–water partition coefficient (Wildman–Crippen LogP) is 2.96. The van der Waals surface area contributed by atoms with Crippen LogP contribution >= 0.6 is 15.9 Å². The molecule has 0 aliphatic carbocycles. The maximum Gasteiger partial charge on any atom is 0.0358 e. The third-order valence-corrected chi connectivity index (χ3v) is 3.53. The molecule has 0 aliphatic rings. The van der Waals surface area contributed by atoms with Gasteiger partial charge in [0, 0.05) is 10.5 Å². The predicted molar refractivity (Wildman–Crippen MR) is 73.7 cm³/mol. The van der Waals surface area contributed by atoms with E-state index in [4.69, 9.17) is 0 Å². The number of hydrogen-bond acceptors (Lipinski definition) is 2. The molecule has 0 bridgehead atoms. The van der Waals surface area contributed by atoms with E-state index < -0.39 is 0 Å². The van der Waals surface area contributed by atoms with Gasteiger partial charge < -0.3 is 10.6 Å². The molecule has 90 valence electrons. The van der Waals surface area contributed by atoms with E-state index in [1.807, 2.05) is 14.1 Å². The molecule has 0 fully saturated rings. The molecular formula is C13H21BrN2. The van der Waals surface area contributed by atoms with Crippen molar-refractivity contribution in [1.29, 1.82) is 0 Å². The first-order valence-corrected chi connectivity index (χ1v) is 6.59. The summed E-state index contributed by atoms with van der Waals surface area (Å²) >= 11 is 3.47. The Balaban J connectivity index is 2.83. The molecular weight excluding hydrogens is 264 g/mol. The summed E-state index contributed by atoms with van der Waals surface area (Å²) < 4.78 is 1.13. The smallest absolute Gasteiger partial charge is 0.0358 e. The minimum atomic E-state index is 0.422. The monoisotopic (exact) mass is 284 g/mol. The van der Waals surface area contributed by atoms with Gasteiger partial charge in [-0.2, -0.15) is 0 Å². The molecule has 2 N–H and O–H groups in total. The van der Waals surface area contributed by atoms with Crippen molar-refractivity contribution in [2.24, 2.45) is 5.92 Å². The normalized spacial score (nSPS) is 14.8. The van der Waals surface area contributed by atoms with E-state index in [1.165, 1.54) is 12.0 Å². The molecule has 0 radical (unpaired) electrons. The second-order valence-corrected chi connectivity index (χ2v) is 4.96. The molecule has 0 saturated carbocycles. The number of halogens is 1. The van der Waals surface area contributed by atoms with Crippen molar-refractivity contribution in [2.75, 3.05) is 20.6 Å². The van der Waals surface area contributed by atoms with Crippen LogP contribution in [0.3, 0.4) is 0 Å². The molecule has 3 heteroatoms. The average Bonchev–Trinajstić information content (AvgIpc) is 2.31. The van der Waals surface area contributed by atoms with Gasteiger partial charge in [-0.3, -0.25) is 0 Å². The SMILES string of the molecule is CCC(CNC)C(NC)c1ccc(Br)cc1. The van der Waals surface area contributed by atoms with Gasteiger partial charge in [-0.1, -0.05) is 41.4 Å². The lowest BCUT2D eigenvalue weighted by atomic mass is 9.91. The summed E-state index contributed by atoms with van der Waals surface area (Å²) in [6, 6.07) is 9.00. The molecule has 1 rings (SSSR count). The standard InChI is InChI=1S/C13H21BrN2/c1-4-10(9-15-2)13(16-3)11-5-7-12(14)8-6-11/h5-8,10,13,15-16H,4,9H2,1-3H3. The van der Waals surface area contributed by atoms with Crippen molar-refractivity contribution in [3.63, 3.8) is 0 Å². The van der Waals surface area contributed by atoms with Crippen LogP contribution in [-0.4, -0.2) is 20.6 Å². The second-order valence-electron chi connectivity index (χ2n) is 4.04. The van der Waals surface area contributed by atoms with E-state index in [0.717, 1.165) is 11.0 Å². The Hall–Kier alpha value is -0.380. The second kappa shape index (κ2) is 7.05. The zero-order valence-corrected chi connectivity index (χ0v) is 11.8. The van der Waals surface area contributed by atoms with E-state index in [-0.39, 0.29) is 0 Å². The van der Waals surface area contributed by atoms with E-state index in [0.29, 0.717) is 12.0 Å². The summed E-state index contributed by atoms with van der Waals surface area (Å²) in [5.74, 6) is 0.621. The van der Waals surface area contributed by atoms with Crippen molar-refractivity contribution in [1.82, 2.24) is 10.6 Å². The lowest BCUT2D eigenvalue weighted by Crippen LogP contribution is -2.31. The number of benzene rings is 1. The van der Waals surface area contributed by atoms with Crippen LogP contribution in [0, 0.1) is 5.92 Å². The largest absolute Gasteiger partial charge is 0.319 e. The molecule has 0 aliphatic heterocycles. The Morgan fingerprint density at radius 2 is 1.81 bits per heavy atom. The average molecular weight is 285 g/mol. The van der Waals surface area contributed by atoms with Crippen molar-refractivity contribution in [3.8, 4) is 0 Å². The van der Waals surface area contributed by atoms with Crippen LogP contribution in [0.4, 0.5) is 0 Å². The summed E-state index contributed by atoms with van der Waals surface area (Å²) in [7, 11) is 4.04. The van der Waals surface area contributed by atoms with Gasteiger partial charge in [0.25, 0.3) is 0 Å². The number of rotatable bonds is 6. The zero-order chi connectivity index (χ0) is 12.0. The maximum atomic E-state index is 3.47. The van der Waals surface area contributed by atoms with Crippen LogP contribution in [0.25, 0.3) is 0 Å². The molecule has 0 aromatic heterocycles. The van der Waals surface area contributed by atoms with E-state index >= 15 is 0 Å². The molecule has 1 aromatic rings. The van der Waals surface area contributed by atoms with Crippen LogP contribution in [0.5, 0.6) is 0 Å². The minimum absolute atomic E-state index is 0.422. The highest BCUT2D eigenvalue weighted by atomic mass is 79.9. The summed E-state index contributed by atoms with van der Waals surface area (Å²) in [6.07, 6.45) is 1.17. The third kappa shape index (κ3) is 3.58. The molecule has 0 saturated heterocycles. The van der Waals surface area contributed by atoms with Crippen LogP contribution in [0.2, 0.25) is 0 Å². The van der Waals surface area contributed by atoms with Crippen LogP contribution < -0.4 is 10.6 Å². The molecule has 2 nitrogen and oxygen atoms in total. The zero-order valence-electron chi connectivity index (χ0n) is 10.3. The van der Waals surface area contributed by atoms with E-state index in [1.54, 1.807) is 0 Å². The van der Waals surface area contributed by atoms with Crippen LogP contribution in [0.1, 0.15) is 24.9 Å². The van der Waals surface area contributed by atoms with Crippen molar-refractivity contribution in [2.45, 2.75) is 19.4 Å². The Bertz CT molecular complexity index is 297. The van der Waals surface area contributed by atoms with E-state index in [2.05, 4.69) is 57.8 Å². The molecule has 2 atom stereocenters. The lowest BCUT2D eigenvalue weighted by molar-refractivity contribution is 0.359. The Kier molecular flexibility index (Phi) is 6.03. The molecule has 0 spiro atoms. The lowest BCUT2D eigenvalue weighted by Gasteiger charge is -2.26. The highest BCUT2D eigenvalue weighted by molar-refractivity contribution is 9.10. The van der Waals surface area contributed by atoms with E-state index in [9.17, 15) is 0 Å². The summed E-state index contributed by atoms with van der Waals surface area (Å²) in [5, 5.41) is 6.68. The topological polar surface area (TPSA) is 24.1 Å². The van der Waals surface area contributed by atoms with Crippen molar-refractivity contribution >= 4 is 15.9 Å². The fraction of sp³-hybridized carbons (Fsp3) is 0.538. The Morgan fingerprint density at radius 3 is 2.25 bits per heavy atom. The molecule has 16 heavy (non-hydrogen) atoms. The summed E-state index contributed by atoms with van der Waals surface area (Å²) in [4.78, 5) is 0. The van der Waals surface area contributed by atoms with Crippen LogP contribution in [-0.2, 0) is 0 Å². The van der Waals surface area contributed by atoms with Gasteiger partial charge in [0.1, 0.15) is 0 Å². The number of nitrogens with one attached hydrogen (secondary N) is 2. The maximum absolute atomic E-state index is 3.47.